The van der Waals surface area contributed by atoms with Crippen LogP contribution in [0.25, 0.3) is 22.0 Å². The second-order valence-corrected chi connectivity index (χ2v) is 6.27. The van der Waals surface area contributed by atoms with E-state index in [1.54, 1.807) is 19.3 Å². The molecule has 0 saturated heterocycles. The first-order valence-electron chi connectivity index (χ1n) is 9.14. The Kier molecular flexibility index (Phi) is 5.03. The summed E-state index contributed by atoms with van der Waals surface area (Å²) in [4.78, 5) is 29.7. The smallest absolute Gasteiger partial charge is 0.342 e. The standard InChI is InChI=1S/C22H18N4O3/c1-2-29-22(28)18-19(14-8-4-3-5-9-14)25-26-21(27)20(18)24-17-13-23-12-15-10-6-7-11-16(15)17/h3-13H,2H2,1H3,(H,24,25)(H,26,27). The van der Waals surface area contributed by atoms with Crippen molar-refractivity contribution in [3.63, 3.8) is 0 Å². The molecule has 4 rings (SSSR count). The van der Waals surface area contributed by atoms with Crippen LogP contribution in [0.1, 0.15) is 17.3 Å². The van der Waals surface area contributed by atoms with Crippen LogP contribution < -0.4 is 10.9 Å². The van der Waals surface area contributed by atoms with Gasteiger partial charge in [-0.05, 0) is 6.92 Å². The maximum atomic E-state index is 12.8. The Labute approximate surface area is 166 Å². The molecule has 4 aromatic rings. The lowest BCUT2D eigenvalue weighted by Crippen LogP contribution is -2.21. The lowest BCUT2D eigenvalue weighted by molar-refractivity contribution is 0.0527. The van der Waals surface area contributed by atoms with Gasteiger partial charge in [0.1, 0.15) is 16.9 Å². The Hall–Kier alpha value is -4.00. The predicted molar refractivity (Wildman–Crippen MR) is 111 cm³/mol. The molecule has 2 aromatic carbocycles. The molecule has 144 valence electrons. The molecule has 0 bridgehead atoms. The van der Waals surface area contributed by atoms with Crippen molar-refractivity contribution in [1.29, 1.82) is 0 Å². The number of carbonyl (C=O) groups is 1. The lowest BCUT2D eigenvalue weighted by atomic mass is 10.0. The van der Waals surface area contributed by atoms with Gasteiger partial charge < -0.3 is 10.1 Å². The van der Waals surface area contributed by atoms with Crippen molar-refractivity contribution in [2.45, 2.75) is 6.92 Å². The number of benzene rings is 2. The van der Waals surface area contributed by atoms with Crippen molar-refractivity contribution in [2.24, 2.45) is 0 Å². The summed E-state index contributed by atoms with van der Waals surface area (Å²) in [6.07, 6.45) is 3.35. The molecule has 0 saturated carbocycles. The zero-order valence-electron chi connectivity index (χ0n) is 15.7. The molecular weight excluding hydrogens is 368 g/mol. The van der Waals surface area contributed by atoms with E-state index in [1.807, 2.05) is 54.6 Å². The minimum atomic E-state index is -0.624. The van der Waals surface area contributed by atoms with Crippen molar-refractivity contribution in [2.75, 3.05) is 11.9 Å². The Morgan fingerprint density at radius 2 is 1.83 bits per heavy atom. The van der Waals surface area contributed by atoms with Gasteiger partial charge in [0.25, 0.3) is 5.56 Å². The second-order valence-electron chi connectivity index (χ2n) is 6.27. The molecule has 0 fully saturated rings. The third-order valence-electron chi connectivity index (χ3n) is 4.44. The molecule has 2 N–H and O–H groups in total. The monoisotopic (exact) mass is 386 g/mol. The Balaban J connectivity index is 1.92. The number of nitrogens with one attached hydrogen (secondary N) is 2. The first-order valence-corrected chi connectivity index (χ1v) is 9.14. The number of pyridine rings is 1. The first kappa shape index (κ1) is 18.4. The quantitative estimate of drug-likeness (QED) is 0.505. The molecule has 0 aliphatic heterocycles. The zero-order valence-corrected chi connectivity index (χ0v) is 15.7. The lowest BCUT2D eigenvalue weighted by Gasteiger charge is -2.14. The number of hydrogen-bond donors (Lipinski definition) is 2. The number of hydrogen-bond acceptors (Lipinski definition) is 6. The van der Waals surface area contributed by atoms with Gasteiger partial charge in [-0.25, -0.2) is 9.89 Å². The predicted octanol–water partition coefficient (Wildman–Crippen LogP) is 3.91. The summed E-state index contributed by atoms with van der Waals surface area (Å²) in [6.45, 7) is 1.89. The largest absolute Gasteiger partial charge is 0.462 e. The van der Waals surface area contributed by atoms with Crippen molar-refractivity contribution in [1.82, 2.24) is 15.2 Å². The highest BCUT2D eigenvalue weighted by Gasteiger charge is 2.24. The van der Waals surface area contributed by atoms with Gasteiger partial charge in [-0.1, -0.05) is 54.6 Å². The molecule has 2 heterocycles. The van der Waals surface area contributed by atoms with E-state index in [0.29, 0.717) is 16.9 Å². The van der Waals surface area contributed by atoms with Crippen LogP contribution in [0, 0.1) is 0 Å². The highest BCUT2D eigenvalue weighted by Crippen LogP contribution is 2.29. The topological polar surface area (TPSA) is 97.0 Å². The van der Waals surface area contributed by atoms with Crippen LogP contribution in [0.4, 0.5) is 11.4 Å². The number of H-pyrrole nitrogens is 1. The van der Waals surface area contributed by atoms with Crippen LogP contribution in [0.5, 0.6) is 0 Å². The molecule has 0 aliphatic rings. The molecule has 0 unspecified atom stereocenters. The SMILES string of the molecule is CCOC(=O)c1c(-c2ccccc2)n[nH]c(=O)c1Nc1cncc2ccccc12. The van der Waals surface area contributed by atoms with Crippen LogP contribution in [0.15, 0.2) is 71.8 Å². The van der Waals surface area contributed by atoms with Gasteiger partial charge in [-0.15, -0.1) is 0 Å². The van der Waals surface area contributed by atoms with Gasteiger partial charge in [-0.3, -0.25) is 9.78 Å². The van der Waals surface area contributed by atoms with Gasteiger partial charge in [0.15, 0.2) is 0 Å². The zero-order chi connectivity index (χ0) is 20.2. The van der Waals surface area contributed by atoms with Gasteiger partial charge in [0, 0.05) is 22.5 Å². The normalized spacial score (nSPS) is 10.7. The van der Waals surface area contributed by atoms with E-state index in [2.05, 4.69) is 20.5 Å². The number of carbonyl (C=O) groups excluding carboxylic acids is 1. The van der Waals surface area contributed by atoms with Crippen LogP contribution in [-0.2, 0) is 4.74 Å². The Morgan fingerprint density at radius 1 is 1.07 bits per heavy atom. The number of aromatic amines is 1. The maximum Gasteiger partial charge on any atom is 0.342 e. The summed E-state index contributed by atoms with van der Waals surface area (Å²) >= 11 is 0. The first-order chi connectivity index (χ1) is 14.2. The summed E-state index contributed by atoms with van der Waals surface area (Å²) < 4.78 is 5.22. The van der Waals surface area contributed by atoms with Gasteiger partial charge in [0.2, 0.25) is 0 Å². The van der Waals surface area contributed by atoms with E-state index < -0.39 is 11.5 Å². The number of aromatic nitrogens is 3. The van der Waals surface area contributed by atoms with Crippen LogP contribution in [0.3, 0.4) is 0 Å². The van der Waals surface area contributed by atoms with Gasteiger partial charge >= 0.3 is 5.97 Å². The van der Waals surface area contributed by atoms with Crippen molar-refractivity contribution < 1.29 is 9.53 Å². The van der Waals surface area contributed by atoms with E-state index in [4.69, 9.17) is 4.74 Å². The molecule has 0 spiro atoms. The third-order valence-corrected chi connectivity index (χ3v) is 4.44. The fourth-order valence-electron chi connectivity index (χ4n) is 3.13. The molecule has 0 radical (unpaired) electrons. The summed E-state index contributed by atoms with van der Waals surface area (Å²) in [5.41, 5.74) is 1.24. The second kappa shape index (κ2) is 7.93. The summed E-state index contributed by atoms with van der Waals surface area (Å²) in [7, 11) is 0. The molecule has 7 heteroatoms. The number of rotatable bonds is 5. The van der Waals surface area contributed by atoms with Crippen molar-refractivity contribution >= 4 is 28.1 Å². The van der Waals surface area contributed by atoms with Gasteiger partial charge in [0.05, 0.1) is 18.5 Å². The van der Waals surface area contributed by atoms with E-state index in [9.17, 15) is 9.59 Å². The molecule has 29 heavy (non-hydrogen) atoms. The maximum absolute atomic E-state index is 12.8. The molecular formula is C22H18N4O3. The minimum Gasteiger partial charge on any atom is -0.462 e. The number of anilines is 2. The Morgan fingerprint density at radius 3 is 2.62 bits per heavy atom. The Bertz CT molecular complexity index is 1230. The van der Waals surface area contributed by atoms with E-state index >= 15 is 0 Å². The van der Waals surface area contributed by atoms with Crippen LogP contribution in [-0.4, -0.2) is 27.8 Å². The van der Waals surface area contributed by atoms with E-state index in [0.717, 1.165) is 10.8 Å². The fraction of sp³-hybridized carbons (Fsp3) is 0.0909. The summed E-state index contributed by atoms with van der Waals surface area (Å²) in [5, 5.41) is 11.5. The molecule has 0 amide bonds. The van der Waals surface area contributed by atoms with Crippen molar-refractivity contribution in [3.8, 4) is 11.3 Å². The average Bonchev–Trinajstić information content (AvgIpc) is 2.76. The fourth-order valence-corrected chi connectivity index (χ4v) is 3.13. The number of nitrogens with zero attached hydrogens (tertiary/aromatic N) is 2. The molecule has 2 aromatic heterocycles. The highest BCUT2D eigenvalue weighted by atomic mass is 16.5. The highest BCUT2D eigenvalue weighted by molar-refractivity contribution is 6.03. The molecule has 0 atom stereocenters. The van der Waals surface area contributed by atoms with E-state index in [-0.39, 0.29) is 17.9 Å². The minimum absolute atomic E-state index is 0.0652. The number of fused-ring (bicyclic) bond motifs is 1. The summed E-state index contributed by atoms with van der Waals surface area (Å²) in [5.74, 6) is -0.624. The number of esters is 1. The van der Waals surface area contributed by atoms with Crippen molar-refractivity contribution in [3.05, 3.63) is 82.9 Å². The third kappa shape index (κ3) is 3.58. The van der Waals surface area contributed by atoms with Crippen LogP contribution in [0.2, 0.25) is 0 Å². The average molecular weight is 386 g/mol. The van der Waals surface area contributed by atoms with Gasteiger partial charge in [-0.2, -0.15) is 5.10 Å². The number of ether oxygens (including phenoxy) is 1. The van der Waals surface area contributed by atoms with Crippen LogP contribution >= 0.6 is 0 Å². The molecule has 7 nitrogen and oxygen atoms in total. The molecule has 0 aliphatic carbocycles. The van der Waals surface area contributed by atoms with E-state index in [1.165, 1.54) is 0 Å². The summed E-state index contributed by atoms with van der Waals surface area (Å²) in [6, 6.07) is 16.8.